The van der Waals surface area contributed by atoms with E-state index in [1.54, 1.807) is 36.7 Å². The van der Waals surface area contributed by atoms with Gasteiger partial charge in [0, 0.05) is 24.2 Å². The summed E-state index contributed by atoms with van der Waals surface area (Å²) in [5, 5.41) is 12.4. The molecule has 0 N–H and O–H groups in total. The topological polar surface area (TPSA) is 108 Å². The highest BCUT2D eigenvalue weighted by Gasteiger charge is 2.46. The van der Waals surface area contributed by atoms with Gasteiger partial charge in [-0.15, -0.1) is 5.11 Å². The molecule has 0 saturated carbocycles. The lowest BCUT2D eigenvalue weighted by Crippen LogP contribution is -2.65. The Morgan fingerprint density at radius 3 is 2.54 bits per heavy atom. The van der Waals surface area contributed by atoms with Gasteiger partial charge in [-0.2, -0.15) is 10.2 Å². The fourth-order valence-electron chi connectivity index (χ4n) is 4.36. The first-order chi connectivity index (χ1) is 16.7. The van der Waals surface area contributed by atoms with Crippen LogP contribution in [0.3, 0.4) is 0 Å². The summed E-state index contributed by atoms with van der Waals surface area (Å²) >= 11 is 0. The third-order valence-corrected chi connectivity index (χ3v) is 6.35. The number of fused-ring (bicyclic) bond motifs is 1. The van der Waals surface area contributed by atoms with Gasteiger partial charge >= 0.3 is 0 Å². The molecule has 0 spiro atoms. The number of nitrogens with zero attached hydrogens (tertiary/aromatic N) is 8. The van der Waals surface area contributed by atoms with Crippen LogP contribution in [0.2, 0.25) is 0 Å². The minimum absolute atomic E-state index is 0.105. The second-order valence-electron chi connectivity index (χ2n) is 9.35. The number of aliphatic imine (C=N–C) groups is 1. The summed E-state index contributed by atoms with van der Waals surface area (Å²) in [5.41, 5.74) is 1.95. The zero-order valence-corrected chi connectivity index (χ0v) is 19.9. The number of hydrogen-bond donors (Lipinski definition) is 0. The van der Waals surface area contributed by atoms with Crippen LogP contribution in [0.25, 0.3) is 16.9 Å². The number of azo groups is 1. The van der Waals surface area contributed by atoms with Crippen molar-refractivity contribution in [2.75, 3.05) is 19.8 Å². The standard InChI is InChI=1S/C24H25FN8O2/c1-14(2)17-11-18(15-5-7-16(25)8-6-15)30-33-12-19(28-20(17)33)21(34)32-10-9-31(22(35)24(32,3)4)23-26-13-27-29-23/h5-8,11-12,14H,9-10,13H2,1-4H3. The van der Waals surface area contributed by atoms with E-state index in [0.29, 0.717) is 17.9 Å². The Kier molecular flexibility index (Phi) is 5.42. The zero-order valence-electron chi connectivity index (χ0n) is 19.9. The van der Waals surface area contributed by atoms with E-state index in [2.05, 4.69) is 25.3 Å². The van der Waals surface area contributed by atoms with Crippen LogP contribution < -0.4 is 0 Å². The number of amides is 2. The molecule has 5 rings (SSSR count). The molecule has 0 atom stereocenters. The zero-order chi connectivity index (χ0) is 24.9. The van der Waals surface area contributed by atoms with Crippen LogP contribution in [-0.2, 0) is 4.79 Å². The normalized spacial score (nSPS) is 17.5. The summed E-state index contributed by atoms with van der Waals surface area (Å²) in [6.07, 6.45) is 1.58. The smallest absolute Gasteiger partial charge is 0.275 e. The number of rotatable bonds is 3. The van der Waals surface area contributed by atoms with Crippen LogP contribution in [0.4, 0.5) is 4.39 Å². The number of carbonyl (C=O) groups is 2. The Bertz CT molecular complexity index is 1390. The average Bonchev–Trinajstić information content (AvgIpc) is 3.50. The van der Waals surface area contributed by atoms with Crippen molar-refractivity contribution < 1.29 is 14.0 Å². The van der Waals surface area contributed by atoms with Crippen molar-refractivity contribution in [1.29, 1.82) is 0 Å². The lowest BCUT2D eigenvalue weighted by Gasteiger charge is -2.44. The molecule has 1 saturated heterocycles. The monoisotopic (exact) mass is 476 g/mol. The van der Waals surface area contributed by atoms with E-state index >= 15 is 0 Å². The minimum Gasteiger partial charge on any atom is -0.321 e. The Morgan fingerprint density at radius 2 is 1.89 bits per heavy atom. The van der Waals surface area contributed by atoms with Gasteiger partial charge in [0.1, 0.15) is 17.1 Å². The van der Waals surface area contributed by atoms with E-state index in [4.69, 9.17) is 0 Å². The number of carbonyl (C=O) groups excluding carboxylic acids is 2. The largest absolute Gasteiger partial charge is 0.321 e. The van der Waals surface area contributed by atoms with Gasteiger partial charge in [0.05, 0.1) is 11.9 Å². The highest BCUT2D eigenvalue weighted by atomic mass is 19.1. The van der Waals surface area contributed by atoms with Crippen molar-refractivity contribution in [3.05, 3.63) is 53.6 Å². The molecular formula is C24H25FN8O2. The maximum atomic E-state index is 13.6. The number of guanidine groups is 1. The molecule has 2 aliphatic rings. The van der Waals surface area contributed by atoms with Crippen LogP contribution in [0, 0.1) is 5.82 Å². The first-order valence-corrected chi connectivity index (χ1v) is 11.4. The molecule has 3 aromatic rings. The number of benzene rings is 1. The Morgan fingerprint density at radius 1 is 1.14 bits per heavy atom. The molecule has 0 aliphatic carbocycles. The van der Waals surface area contributed by atoms with Gasteiger partial charge in [-0.25, -0.2) is 18.9 Å². The molecule has 0 bridgehead atoms. The number of piperazine rings is 1. The Hall–Kier alpha value is -4.02. The third kappa shape index (κ3) is 3.86. The van der Waals surface area contributed by atoms with Crippen molar-refractivity contribution in [3.63, 3.8) is 0 Å². The molecular weight excluding hydrogens is 451 g/mol. The average molecular weight is 477 g/mol. The second-order valence-corrected chi connectivity index (χ2v) is 9.35. The van der Waals surface area contributed by atoms with Crippen LogP contribution in [0.5, 0.6) is 0 Å². The molecule has 2 amide bonds. The SMILES string of the molecule is CC(C)c1cc(-c2ccc(F)cc2)nn2cc(C(=O)N3CCN(C4=NCN=N4)C(=O)C3(C)C)nc12. The van der Waals surface area contributed by atoms with Crippen molar-refractivity contribution >= 4 is 23.4 Å². The van der Waals surface area contributed by atoms with Crippen LogP contribution in [-0.4, -0.2) is 67.5 Å². The van der Waals surface area contributed by atoms with Gasteiger partial charge in [-0.3, -0.25) is 14.5 Å². The molecule has 35 heavy (non-hydrogen) atoms. The highest BCUT2D eigenvalue weighted by molar-refractivity contribution is 6.05. The first-order valence-electron chi connectivity index (χ1n) is 11.4. The highest BCUT2D eigenvalue weighted by Crippen LogP contribution is 2.29. The van der Waals surface area contributed by atoms with Crippen molar-refractivity contribution in [3.8, 4) is 11.3 Å². The van der Waals surface area contributed by atoms with Crippen molar-refractivity contribution in [1.82, 2.24) is 24.4 Å². The van der Waals surface area contributed by atoms with Crippen LogP contribution in [0.15, 0.2) is 51.7 Å². The van der Waals surface area contributed by atoms with Gasteiger partial charge in [0.2, 0.25) is 5.96 Å². The number of aromatic nitrogens is 3. The molecule has 10 nitrogen and oxygen atoms in total. The van der Waals surface area contributed by atoms with E-state index in [-0.39, 0.29) is 48.4 Å². The lowest BCUT2D eigenvalue weighted by atomic mass is 9.97. The van der Waals surface area contributed by atoms with Crippen molar-refractivity contribution in [2.45, 2.75) is 39.2 Å². The van der Waals surface area contributed by atoms with Crippen molar-refractivity contribution in [2.24, 2.45) is 15.2 Å². The molecule has 0 radical (unpaired) electrons. The second kappa shape index (κ2) is 8.33. The summed E-state index contributed by atoms with van der Waals surface area (Å²) in [6.45, 7) is 8.23. The summed E-state index contributed by atoms with van der Waals surface area (Å²) in [6, 6.07) is 8.02. The molecule has 11 heteroatoms. The van der Waals surface area contributed by atoms with E-state index < -0.39 is 5.54 Å². The van der Waals surface area contributed by atoms with Gasteiger partial charge < -0.3 is 4.90 Å². The molecule has 1 aromatic carbocycles. The fraction of sp³-hybridized carbons (Fsp3) is 0.375. The van der Waals surface area contributed by atoms with Gasteiger partial charge in [-0.05, 0) is 50.1 Å². The first kappa shape index (κ1) is 22.8. The van der Waals surface area contributed by atoms with Gasteiger partial charge in [0.25, 0.3) is 11.8 Å². The van der Waals surface area contributed by atoms with Gasteiger partial charge in [0.15, 0.2) is 12.3 Å². The number of hydrogen-bond acceptors (Lipinski definition) is 7. The Labute approximate surface area is 201 Å². The maximum Gasteiger partial charge on any atom is 0.275 e. The summed E-state index contributed by atoms with van der Waals surface area (Å²) in [4.78, 5) is 38.5. The molecule has 180 valence electrons. The predicted molar refractivity (Wildman–Crippen MR) is 126 cm³/mol. The quantitative estimate of drug-likeness (QED) is 0.576. The van der Waals surface area contributed by atoms with E-state index in [1.807, 2.05) is 19.9 Å². The molecule has 1 fully saturated rings. The van der Waals surface area contributed by atoms with Crippen LogP contribution >= 0.6 is 0 Å². The summed E-state index contributed by atoms with van der Waals surface area (Å²) in [7, 11) is 0. The lowest BCUT2D eigenvalue weighted by molar-refractivity contribution is -0.141. The number of halogens is 1. The molecule has 0 unspecified atom stereocenters. The maximum absolute atomic E-state index is 13.6. The predicted octanol–water partition coefficient (Wildman–Crippen LogP) is 3.50. The third-order valence-electron chi connectivity index (χ3n) is 6.35. The van der Waals surface area contributed by atoms with E-state index in [0.717, 1.165) is 11.1 Å². The summed E-state index contributed by atoms with van der Waals surface area (Å²) in [5.74, 6) is -0.578. The number of imidazole rings is 1. The van der Waals surface area contributed by atoms with Crippen LogP contribution in [0.1, 0.15) is 49.7 Å². The van der Waals surface area contributed by atoms with Gasteiger partial charge in [-0.1, -0.05) is 13.8 Å². The summed E-state index contributed by atoms with van der Waals surface area (Å²) < 4.78 is 15.0. The molecule has 4 heterocycles. The molecule has 2 aliphatic heterocycles. The Balaban J connectivity index is 1.50. The fourth-order valence-corrected chi connectivity index (χ4v) is 4.36. The van der Waals surface area contributed by atoms with E-state index in [9.17, 15) is 14.0 Å². The molecule has 2 aromatic heterocycles. The van der Waals surface area contributed by atoms with E-state index in [1.165, 1.54) is 21.9 Å². The minimum atomic E-state index is -1.13.